The SMILES string of the molecule is COCOc1cccc(NCC(O)CO)c1. The Morgan fingerprint density at radius 3 is 2.94 bits per heavy atom. The summed E-state index contributed by atoms with van der Waals surface area (Å²) in [6.45, 7) is 0.236. The van der Waals surface area contributed by atoms with E-state index >= 15 is 0 Å². The lowest BCUT2D eigenvalue weighted by Gasteiger charge is -2.11. The largest absolute Gasteiger partial charge is 0.467 e. The van der Waals surface area contributed by atoms with Crippen LogP contribution in [0.15, 0.2) is 24.3 Å². The summed E-state index contributed by atoms with van der Waals surface area (Å²) >= 11 is 0. The minimum atomic E-state index is -0.761. The highest BCUT2D eigenvalue weighted by atomic mass is 16.7. The van der Waals surface area contributed by atoms with Crippen LogP contribution in [0.1, 0.15) is 0 Å². The quantitative estimate of drug-likeness (QED) is 0.589. The smallest absolute Gasteiger partial charge is 0.188 e. The standard InChI is InChI=1S/C11H17NO4/c1-15-8-16-11-4-2-3-9(5-11)12-6-10(14)7-13/h2-5,10,12-14H,6-8H2,1H3. The minimum absolute atomic E-state index is 0.197. The lowest BCUT2D eigenvalue weighted by molar-refractivity contribution is 0.0511. The number of nitrogens with one attached hydrogen (secondary N) is 1. The van der Waals surface area contributed by atoms with Gasteiger partial charge in [0.1, 0.15) is 5.75 Å². The molecule has 1 aromatic carbocycles. The third-order valence-electron chi connectivity index (χ3n) is 1.93. The second kappa shape index (κ2) is 7.05. The molecular weight excluding hydrogens is 210 g/mol. The topological polar surface area (TPSA) is 71.0 Å². The Hall–Kier alpha value is -1.30. The highest BCUT2D eigenvalue weighted by Gasteiger charge is 2.01. The maximum atomic E-state index is 9.17. The number of anilines is 1. The predicted octanol–water partition coefficient (Wildman–Crippen LogP) is 0.434. The predicted molar refractivity (Wildman–Crippen MR) is 60.5 cm³/mol. The van der Waals surface area contributed by atoms with Crippen LogP contribution in [0, 0.1) is 0 Å². The van der Waals surface area contributed by atoms with E-state index in [1.165, 1.54) is 0 Å². The second-order valence-electron chi connectivity index (χ2n) is 3.30. The first-order chi connectivity index (χ1) is 7.76. The second-order valence-corrected chi connectivity index (χ2v) is 3.30. The maximum Gasteiger partial charge on any atom is 0.188 e. The molecule has 90 valence electrons. The van der Waals surface area contributed by atoms with Crippen molar-refractivity contribution < 1.29 is 19.7 Å². The van der Waals surface area contributed by atoms with Gasteiger partial charge in [0.15, 0.2) is 6.79 Å². The third-order valence-corrected chi connectivity index (χ3v) is 1.93. The molecule has 0 saturated heterocycles. The molecule has 16 heavy (non-hydrogen) atoms. The molecular formula is C11H17NO4. The summed E-state index contributed by atoms with van der Waals surface area (Å²) in [6, 6.07) is 7.29. The molecule has 0 fully saturated rings. The van der Waals surface area contributed by atoms with Crippen LogP contribution in [0.5, 0.6) is 5.75 Å². The summed E-state index contributed by atoms with van der Waals surface area (Å²) < 4.78 is 10.0. The number of methoxy groups -OCH3 is 1. The van der Waals surface area contributed by atoms with Gasteiger partial charge < -0.3 is 25.0 Å². The van der Waals surface area contributed by atoms with E-state index in [2.05, 4.69) is 5.32 Å². The van der Waals surface area contributed by atoms with Crippen molar-refractivity contribution in [2.45, 2.75) is 6.10 Å². The van der Waals surface area contributed by atoms with E-state index < -0.39 is 6.10 Å². The van der Waals surface area contributed by atoms with Crippen molar-refractivity contribution in [1.82, 2.24) is 0 Å². The van der Waals surface area contributed by atoms with Gasteiger partial charge in [0.2, 0.25) is 0 Å². The molecule has 0 aliphatic rings. The molecule has 0 spiro atoms. The number of aliphatic hydroxyl groups is 2. The van der Waals surface area contributed by atoms with E-state index in [1.54, 1.807) is 13.2 Å². The number of aliphatic hydroxyl groups excluding tert-OH is 2. The molecule has 0 aliphatic carbocycles. The lowest BCUT2D eigenvalue weighted by atomic mass is 10.3. The number of hydrogen-bond donors (Lipinski definition) is 3. The summed E-state index contributed by atoms with van der Waals surface area (Å²) in [4.78, 5) is 0. The number of ether oxygens (including phenoxy) is 2. The van der Waals surface area contributed by atoms with Crippen LogP contribution in [-0.4, -0.2) is 43.4 Å². The summed E-state index contributed by atoms with van der Waals surface area (Å²) in [5.41, 5.74) is 0.820. The molecule has 3 N–H and O–H groups in total. The van der Waals surface area contributed by atoms with E-state index in [0.717, 1.165) is 5.69 Å². The van der Waals surface area contributed by atoms with Gasteiger partial charge in [-0.3, -0.25) is 0 Å². The van der Waals surface area contributed by atoms with Gasteiger partial charge in [-0.25, -0.2) is 0 Å². The van der Waals surface area contributed by atoms with E-state index in [9.17, 15) is 0 Å². The highest BCUT2D eigenvalue weighted by Crippen LogP contribution is 2.17. The molecule has 0 aliphatic heterocycles. The Morgan fingerprint density at radius 2 is 2.25 bits per heavy atom. The normalized spacial score (nSPS) is 12.2. The number of benzene rings is 1. The number of hydrogen-bond acceptors (Lipinski definition) is 5. The van der Waals surface area contributed by atoms with Gasteiger partial charge in [-0.05, 0) is 12.1 Å². The zero-order chi connectivity index (χ0) is 11.8. The molecule has 0 radical (unpaired) electrons. The van der Waals surface area contributed by atoms with Crippen molar-refractivity contribution in [2.24, 2.45) is 0 Å². The minimum Gasteiger partial charge on any atom is -0.467 e. The van der Waals surface area contributed by atoms with Gasteiger partial charge in [0.25, 0.3) is 0 Å². The Balaban J connectivity index is 2.46. The van der Waals surface area contributed by atoms with Crippen LogP contribution < -0.4 is 10.1 Å². The van der Waals surface area contributed by atoms with Crippen LogP contribution in [0.3, 0.4) is 0 Å². The van der Waals surface area contributed by atoms with Crippen LogP contribution in [0.4, 0.5) is 5.69 Å². The van der Waals surface area contributed by atoms with Gasteiger partial charge in [-0.15, -0.1) is 0 Å². The molecule has 0 amide bonds. The average molecular weight is 227 g/mol. The van der Waals surface area contributed by atoms with E-state index in [-0.39, 0.29) is 13.4 Å². The molecule has 0 saturated carbocycles. The number of rotatable bonds is 7. The Morgan fingerprint density at radius 1 is 1.44 bits per heavy atom. The average Bonchev–Trinajstić information content (AvgIpc) is 2.34. The molecule has 1 unspecified atom stereocenters. The Labute approximate surface area is 94.6 Å². The first-order valence-corrected chi connectivity index (χ1v) is 5.01. The van der Waals surface area contributed by atoms with Crippen molar-refractivity contribution in [1.29, 1.82) is 0 Å². The highest BCUT2D eigenvalue weighted by molar-refractivity contribution is 5.48. The zero-order valence-electron chi connectivity index (χ0n) is 9.22. The molecule has 0 aromatic heterocycles. The summed E-state index contributed by atoms with van der Waals surface area (Å²) in [5, 5.41) is 20.8. The fourth-order valence-electron chi connectivity index (χ4n) is 1.12. The summed E-state index contributed by atoms with van der Waals surface area (Å²) in [5.74, 6) is 0.685. The van der Waals surface area contributed by atoms with Crippen LogP contribution >= 0.6 is 0 Å². The van der Waals surface area contributed by atoms with Gasteiger partial charge in [0.05, 0.1) is 12.7 Å². The van der Waals surface area contributed by atoms with Gasteiger partial charge in [-0.1, -0.05) is 6.07 Å². The Bertz CT molecular complexity index is 306. The first-order valence-electron chi connectivity index (χ1n) is 5.01. The monoisotopic (exact) mass is 227 g/mol. The van der Waals surface area contributed by atoms with Crippen molar-refractivity contribution in [3.05, 3.63) is 24.3 Å². The fourth-order valence-corrected chi connectivity index (χ4v) is 1.12. The van der Waals surface area contributed by atoms with Gasteiger partial charge in [-0.2, -0.15) is 0 Å². The van der Waals surface area contributed by atoms with Crippen molar-refractivity contribution in [2.75, 3.05) is 32.4 Å². The molecule has 0 bridgehead atoms. The molecule has 0 heterocycles. The zero-order valence-corrected chi connectivity index (χ0v) is 9.22. The van der Waals surface area contributed by atoms with Crippen molar-refractivity contribution in [3.63, 3.8) is 0 Å². The van der Waals surface area contributed by atoms with E-state index in [1.807, 2.05) is 18.2 Å². The van der Waals surface area contributed by atoms with Crippen molar-refractivity contribution >= 4 is 5.69 Å². The molecule has 1 aromatic rings. The van der Waals surface area contributed by atoms with Crippen LogP contribution in [-0.2, 0) is 4.74 Å². The molecule has 5 nitrogen and oxygen atoms in total. The first kappa shape index (κ1) is 12.8. The third kappa shape index (κ3) is 4.48. The molecule has 1 atom stereocenters. The van der Waals surface area contributed by atoms with Crippen LogP contribution in [0.2, 0.25) is 0 Å². The lowest BCUT2D eigenvalue weighted by Crippen LogP contribution is -2.22. The van der Waals surface area contributed by atoms with Crippen LogP contribution in [0.25, 0.3) is 0 Å². The van der Waals surface area contributed by atoms with E-state index in [4.69, 9.17) is 19.7 Å². The Kier molecular flexibility index (Phi) is 5.63. The van der Waals surface area contributed by atoms with Crippen molar-refractivity contribution in [3.8, 4) is 5.75 Å². The summed E-state index contributed by atoms with van der Waals surface area (Å²) in [6.07, 6.45) is -0.761. The molecule has 1 rings (SSSR count). The van der Waals surface area contributed by atoms with E-state index in [0.29, 0.717) is 12.3 Å². The fraction of sp³-hybridized carbons (Fsp3) is 0.455. The maximum absolute atomic E-state index is 9.17. The van der Waals surface area contributed by atoms with Gasteiger partial charge >= 0.3 is 0 Å². The summed E-state index contributed by atoms with van der Waals surface area (Å²) in [7, 11) is 1.56. The van der Waals surface area contributed by atoms with Gasteiger partial charge in [0, 0.05) is 25.4 Å². The molecule has 5 heteroatoms.